The summed E-state index contributed by atoms with van der Waals surface area (Å²) in [5.74, 6) is -2.81. The Morgan fingerprint density at radius 1 is 0.977 bits per heavy atom. The van der Waals surface area contributed by atoms with Gasteiger partial charge >= 0.3 is 0 Å². The Kier molecular flexibility index (Phi) is 8.38. The van der Waals surface area contributed by atoms with Gasteiger partial charge in [0, 0.05) is 43.9 Å². The average molecular weight is 622 g/mol. The van der Waals surface area contributed by atoms with Crippen molar-refractivity contribution in [2.45, 2.75) is 74.8 Å². The Morgan fingerprint density at radius 2 is 1.68 bits per heavy atom. The molecular weight excluding hydrogens is 582 g/mol. The number of benzene rings is 2. The molecule has 6 rings (SSSR count). The monoisotopic (exact) mass is 621 g/mol. The van der Waals surface area contributed by atoms with Crippen LogP contribution in [0.5, 0.6) is 0 Å². The van der Waals surface area contributed by atoms with Gasteiger partial charge in [0.15, 0.2) is 5.54 Å². The number of Topliss-reactive ketones (excluding diaryl/α,β-unsaturated/α-hetero) is 1. The zero-order valence-electron chi connectivity index (χ0n) is 25.0. The summed E-state index contributed by atoms with van der Waals surface area (Å²) in [6.07, 6.45) is 6.26. The Morgan fingerprint density at radius 3 is 2.34 bits per heavy atom. The molecule has 11 heteroatoms. The zero-order valence-corrected chi connectivity index (χ0v) is 25.9. The van der Waals surface area contributed by atoms with Crippen LogP contribution in [0.25, 0.3) is 5.76 Å². The van der Waals surface area contributed by atoms with E-state index in [-0.39, 0.29) is 28.7 Å². The fraction of sp³-hybridized carbons (Fsp3) is 0.485. The summed E-state index contributed by atoms with van der Waals surface area (Å²) in [6.45, 7) is 3.87. The first-order valence-electron chi connectivity index (χ1n) is 15.7. The number of nitrogens with zero attached hydrogens (tertiary/aromatic N) is 3. The van der Waals surface area contributed by atoms with E-state index in [9.17, 15) is 27.9 Å². The predicted molar refractivity (Wildman–Crippen MR) is 164 cm³/mol. The highest BCUT2D eigenvalue weighted by Crippen LogP contribution is 2.54. The number of carbonyl (C=O) groups is 3. The van der Waals surface area contributed by atoms with Gasteiger partial charge in [-0.1, -0.05) is 44.4 Å². The Balaban J connectivity index is 1.48. The molecule has 4 aliphatic heterocycles. The molecule has 1 N–H and O–H groups in total. The van der Waals surface area contributed by atoms with Gasteiger partial charge in [0.2, 0.25) is 10.0 Å². The first-order valence-corrected chi connectivity index (χ1v) is 17.1. The number of fused-ring (bicyclic) bond motifs is 2. The zero-order chi connectivity index (χ0) is 31.1. The van der Waals surface area contributed by atoms with Crippen LogP contribution < -0.4 is 4.90 Å². The molecule has 2 unspecified atom stereocenters. The number of amides is 2. The molecule has 4 heterocycles. The maximum absolute atomic E-state index is 14.6. The van der Waals surface area contributed by atoms with E-state index in [4.69, 9.17) is 4.74 Å². The summed E-state index contributed by atoms with van der Waals surface area (Å²) in [4.78, 5) is 45.3. The van der Waals surface area contributed by atoms with E-state index in [2.05, 4.69) is 0 Å². The molecule has 0 aliphatic carbocycles. The summed E-state index contributed by atoms with van der Waals surface area (Å²) in [6, 6.07) is 12.8. The Labute approximate surface area is 258 Å². The van der Waals surface area contributed by atoms with Crippen molar-refractivity contribution in [3.63, 3.8) is 0 Å². The van der Waals surface area contributed by atoms with Gasteiger partial charge in [-0.25, -0.2) is 8.42 Å². The van der Waals surface area contributed by atoms with E-state index < -0.39 is 38.9 Å². The van der Waals surface area contributed by atoms with Gasteiger partial charge < -0.3 is 19.6 Å². The molecule has 2 atom stereocenters. The predicted octanol–water partition coefficient (Wildman–Crippen LogP) is 4.15. The third kappa shape index (κ3) is 4.85. The van der Waals surface area contributed by atoms with Gasteiger partial charge in [-0.3, -0.25) is 14.4 Å². The second-order valence-electron chi connectivity index (χ2n) is 12.0. The smallest absolute Gasteiger partial charge is 0.296 e. The molecule has 2 amide bonds. The van der Waals surface area contributed by atoms with Crippen molar-refractivity contribution in [1.29, 1.82) is 0 Å². The van der Waals surface area contributed by atoms with E-state index in [0.29, 0.717) is 50.3 Å². The van der Waals surface area contributed by atoms with E-state index in [0.717, 1.165) is 38.5 Å². The first-order chi connectivity index (χ1) is 21.2. The molecule has 10 nitrogen and oxygen atoms in total. The lowest BCUT2D eigenvalue weighted by atomic mass is 9.81. The number of anilines is 1. The summed E-state index contributed by atoms with van der Waals surface area (Å²) >= 11 is 0. The molecule has 0 bridgehead atoms. The molecule has 0 radical (unpaired) electrons. The van der Waals surface area contributed by atoms with Gasteiger partial charge in [0.1, 0.15) is 5.76 Å². The van der Waals surface area contributed by atoms with E-state index in [1.165, 1.54) is 33.5 Å². The van der Waals surface area contributed by atoms with Crippen LogP contribution in [-0.2, 0) is 34.7 Å². The number of rotatable bonds is 8. The lowest BCUT2D eigenvalue weighted by Crippen LogP contribution is -2.54. The van der Waals surface area contributed by atoms with Gasteiger partial charge in [-0.2, -0.15) is 4.31 Å². The van der Waals surface area contributed by atoms with E-state index in [1.807, 2.05) is 6.92 Å². The number of aliphatic hydroxyl groups is 1. The number of unbranched alkanes of at least 4 members (excludes halogenated alkanes) is 1. The van der Waals surface area contributed by atoms with Crippen LogP contribution in [0.15, 0.2) is 59.0 Å². The van der Waals surface area contributed by atoms with Crippen molar-refractivity contribution >= 4 is 39.1 Å². The molecule has 2 aromatic carbocycles. The van der Waals surface area contributed by atoms with Crippen molar-refractivity contribution in [3.05, 3.63) is 65.2 Å². The van der Waals surface area contributed by atoms with Crippen LogP contribution >= 0.6 is 0 Å². The molecule has 3 fully saturated rings. The summed E-state index contributed by atoms with van der Waals surface area (Å²) in [7, 11) is -3.74. The van der Waals surface area contributed by atoms with Gasteiger partial charge in [-0.05, 0) is 62.4 Å². The molecule has 0 aromatic heterocycles. The Hall–Kier alpha value is -3.54. The SMILES string of the molecule is CCCCN1C(=O)C2(/C(=C(/O)c3ccc(S(=O)(=O)N4CCCCCC4)cc3)C(=O)C(=O)N2CC2CCCO2)c2ccccc21. The third-order valence-corrected chi connectivity index (χ3v) is 11.2. The Bertz CT molecular complexity index is 1590. The fourth-order valence-corrected chi connectivity index (χ4v) is 8.52. The van der Waals surface area contributed by atoms with E-state index >= 15 is 0 Å². The number of likely N-dealkylation sites (tertiary alicyclic amines) is 1. The van der Waals surface area contributed by atoms with Crippen LogP contribution in [0.4, 0.5) is 5.69 Å². The van der Waals surface area contributed by atoms with Crippen molar-refractivity contribution in [2.24, 2.45) is 0 Å². The maximum atomic E-state index is 14.6. The maximum Gasteiger partial charge on any atom is 0.296 e. The lowest BCUT2D eigenvalue weighted by Gasteiger charge is -2.35. The number of ketones is 1. The van der Waals surface area contributed by atoms with Crippen LogP contribution in [0, 0.1) is 0 Å². The average Bonchev–Trinajstić information content (AvgIpc) is 3.59. The van der Waals surface area contributed by atoms with Crippen LogP contribution in [0.3, 0.4) is 0 Å². The first kappa shape index (κ1) is 30.5. The van der Waals surface area contributed by atoms with Crippen molar-refractivity contribution < 1.29 is 32.6 Å². The van der Waals surface area contributed by atoms with Crippen molar-refractivity contribution in [3.8, 4) is 0 Å². The number of sulfonamides is 1. The molecule has 234 valence electrons. The number of aliphatic hydroxyl groups excluding tert-OH is 1. The number of para-hydroxylation sites is 1. The van der Waals surface area contributed by atoms with Crippen LogP contribution in [0.1, 0.15) is 69.4 Å². The molecule has 0 saturated carbocycles. The third-order valence-electron chi connectivity index (χ3n) is 9.29. The second-order valence-corrected chi connectivity index (χ2v) is 13.9. The lowest BCUT2D eigenvalue weighted by molar-refractivity contribution is -0.145. The minimum absolute atomic E-state index is 0.0239. The molecule has 2 aromatic rings. The summed E-state index contributed by atoms with van der Waals surface area (Å²) in [5, 5.41) is 11.8. The summed E-state index contributed by atoms with van der Waals surface area (Å²) in [5.41, 5.74) is -0.979. The van der Waals surface area contributed by atoms with Crippen molar-refractivity contribution in [1.82, 2.24) is 9.21 Å². The molecule has 44 heavy (non-hydrogen) atoms. The highest BCUT2D eigenvalue weighted by Gasteiger charge is 2.67. The number of hydrogen-bond donors (Lipinski definition) is 1. The van der Waals surface area contributed by atoms with E-state index in [1.54, 1.807) is 29.2 Å². The molecule has 1 spiro atoms. The fourth-order valence-electron chi connectivity index (χ4n) is 7.01. The largest absolute Gasteiger partial charge is 0.507 e. The van der Waals surface area contributed by atoms with Crippen LogP contribution in [-0.4, -0.2) is 79.2 Å². The molecule has 3 saturated heterocycles. The van der Waals surface area contributed by atoms with Gasteiger partial charge in [0.05, 0.1) is 22.3 Å². The normalized spacial score (nSPS) is 25.7. The van der Waals surface area contributed by atoms with Crippen LogP contribution in [0.2, 0.25) is 0 Å². The topological polar surface area (TPSA) is 125 Å². The summed E-state index contributed by atoms with van der Waals surface area (Å²) < 4.78 is 34.1. The van der Waals surface area contributed by atoms with Gasteiger partial charge in [-0.15, -0.1) is 0 Å². The minimum atomic E-state index is -3.74. The number of hydrogen-bond acceptors (Lipinski definition) is 7. The van der Waals surface area contributed by atoms with Gasteiger partial charge in [0.25, 0.3) is 17.6 Å². The molecule has 4 aliphatic rings. The highest BCUT2D eigenvalue weighted by atomic mass is 32.2. The minimum Gasteiger partial charge on any atom is -0.507 e. The number of ether oxygens (including phenoxy) is 1. The standard InChI is InChI=1S/C33H39N3O7S/c1-2-3-20-35-27-13-7-6-12-26(27)33(32(35)40)28(30(38)31(39)36(33)22-24-11-10-21-43-24)29(37)23-14-16-25(17-15-23)44(41,42)34-18-8-4-5-9-19-34/h6-7,12-17,24,37H,2-5,8-11,18-22H2,1H3/b29-28+. The van der Waals surface area contributed by atoms with Crippen molar-refractivity contribution in [2.75, 3.05) is 37.7 Å². The quantitative estimate of drug-likeness (QED) is 0.267. The number of carbonyl (C=O) groups excluding carboxylic acids is 3. The second kappa shape index (κ2) is 12.1. The highest BCUT2D eigenvalue weighted by molar-refractivity contribution is 7.89. The molecular formula is C33H39N3O7S.